The molecule has 0 bridgehead atoms. The Morgan fingerprint density at radius 2 is 1.90 bits per heavy atom. The molecule has 0 atom stereocenters. The van der Waals surface area contributed by atoms with Crippen LogP contribution in [-0.2, 0) is 4.79 Å². The summed E-state index contributed by atoms with van der Waals surface area (Å²) in [6, 6.07) is 7.93. The summed E-state index contributed by atoms with van der Waals surface area (Å²) in [5.41, 5.74) is 2.14. The van der Waals surface area contributed by atoms with E-state index < -0.39 is 0 Å². The van der Waals surface area contributed by atoms with Crippen molar-refractivity contribution in [3.8, 4) is 0 Å². The highest BCUT2D eigenvalue weighted by Crippen LogP contribution is 2.23. The van der Waals surface area contributed by atoms with Gasteiger partial charge in [-0.3, -0.25) is 9.69 Å². The van der Waals surface area contributed by atoms with E-state index in [2.05, 4.69) is 31.3 Å². The number of nitrogens with zero attached hydrogens (tertiary/aromatic N) is 2. The van der Waals surface area contributed by atoms with E-state index in [0.717, 1.165) is 5.69 Å². The van der Waals surface area contributed by atoms with Crippen LogP contribution in [-0.4, -0.2) is 43.5 Å². The molecule has 0 aliphatic carbocycles. The summed E-state index contributed by atoms with van der Waals surface area (Å²) in [6.07, 6.45) is 0. The van der Waals surface area contributed by atoms with Crippen LogP contribution in [0.25, 0.3) is 0 Å². The van der Waals surface area contributed by atoms with E-state index in [1.54, 1.807) is 16.8 Å². The van der Waals surface area contributed by atoms with Crippen LogP contribution < -0.4 is 10.2 Å². The Morgan fingerprint density at radius 3 is 2.45 bits per heavy atom. The number of likely N-dealkylation sites (N-methyl/N-ethyl adjacent to an activating group) is 1. The number of urea groups is 1. The molecule has 1 aromatic carbocycles. The predicted octanol–water partition coefficient (Wildman–Crippen LogP) is 1.80. The summed E-state index contributed by atoms with van der Waals surface area (Å²) in [5, 5.41) is 2.54. The Kier molecular flexibility index (Phi) is 4.27. The molecule has 1 N–H and O–H groups in total. The molecule has 5 nitrogen and oxygen atoms in total. The van der Waals surface area contributed by atoms with Gasteiger partial charge in [0.1, 0.15) is 6.54 Å². The van der Waals surface area contributed by atoms with Crippen molar-refractivity contribution >= 4 is 17.6 Å². The zero-order valence-electron chi connectivity index (χ0n) is 12.2. The van der Waals surface area contributed by atoms with Crippen LogP contribution in [0.2, 0.25) is 0 Å². The smallest absolute Gasteiger partial charge is 0.325 e. The fraction of sp³-hybridized carbons (Fsp3) is 0.467. The Labute approximate surface area is 119 Å². The highest BCUT2D eigenvalue weighted by atomic mass is 16.2. The van der Waals surface area contributed by atoms with E-state index >= 15 is 0 Å². The first-order valence-corrected chi connectivity index (χ1v) is 6.90. The highest BCUT2D eigenvalue weighted by Gasteiger charge is 2.30. The standard InChI is InChI=1S/C15H21N3O2/c1-11(2)12-4-6-13(7-5-12)18-9-8-17(15(18)20)10-14(19)16-3/h4-7,11H,8-10H2,1-3H3,(H,16,19). The van der Waals surface area contributed by atoms with Gasteiger partial charge in [0.05, 0.1) is 0 Å². The van der Waals surface area contributed by atoms with Gasteiger partial charge >= 0.3 is 6.03 Å². The lowest BCUT2D eigenvalue weighted by Gasteiger charge is -2.18. The average Bonchev–Trinajstić information content (AvgIpc) is 2.80. The summed E-state index contributed by atoms with van der Waals surface area (Å²) < 4.78 is 0. The monoisotopic (exact) mass is 275 g/mol. The van der Waals surface area contributed by atoms with Crippen LogP contribution >= 0.6 is 0 Å². The average molecular weight is 275 g/mol. The number of anilines is 1. The number of carbonyl (C=O) groups is 2. The second-order valence-corrected chi connectivity index (χ2v) is 5.28. The van der Waals surface area contributed by atoms with Gasteiger partial charge in [-0.15, -0.1) is 0 Å². The summed E-state index contributed by atoms with van der Waals surface area (Å²) in [4.78, 5) is 26.9. The van der Waals surface area contributed by atoms with E-state index in [-0.39, 0.29) is 18.5 Å². The molecule has 20 heavy (non-hydrogen) atoms. The lowest BCUT2D eigenvalue weighted by atomic mass is 10.0. The van der Waals surface area contributed by atoms with Gasteiger partial charge < -0.3 is 10.2 Å². The molecule has 1 aromatic rings. The van der Waals surface area contributed by atoms with E-state index in [0.29, 0.717) is 19.0 Å². The lowest BCUT2D eigenvalue weighted by molar-refractivity contribution is -0.121. The number of hydrogen-bond acceptors (Lipinski definition) is 2. The predicted molar refractivity (Wildman–Crippen MR) is 78.9 cm³/mol. The minimum atomic E-state index is -0.143. The van der Waals surface area contributed by atoms with Crippen molar-refractivity contribution in [1.29, 1.82) is 0 Å². The van der Waals surface area contributed by atoms with Crippen molar-refractivity contribution in [2.45, 2.75) is 19.8 Å². The third-order valence-corrected chi connectivity index (χ3v) is 3.58. The fourth-order valence-corrected chi connectivity index (χ4v) is 2.26. The van der Waals surface area contributed by atoms with Crippen molar-refractivity contribution in [3.63, 3.8) is 0 Å². The second kappa shape index (κ2) is 5.94. The topological polar surface area (TPSA) is 52.7 Å². The third-order valence-electron chi connectivity index (χ3n) is 3.58. The molecular formula is C15H21N3O2. The number of nitrogens with one attached hydrogen (secondary N) is 1. The highest BCUT2D eigenvalue weighted by molar-refractivity contribution is 5.96. The SMILES string of the molecule is CNC(=O)CN1CCN(c2ccc(C(C)C)cc2)C1=O. The Hall–Kier alpha value is -2.04. The van der Waals surface area contributed by atoms with Gasteiger partial charge in [0, 0.05) is 25.8 Å². The van der Waals surface area contributed by atoms with Gasteiger partial charge in [0.25, 0.3) is 0 Å². The minimum Gasteiger partial charge on any atom is -0.358 e. The summed E-state index contributed by atoms with van der Waals surface area (Å²) in [7, 11) is 1.57. The maximum atomic E-state index is 12.2. The van der Waals surface area contributed by atoms with Crippen molar-refractivity contribution in [3.05, 3.63) is 29.8 Å². The maximum absolute atomic E-state index is 12.2. The molecule has 0 saturated carbocycles. The molecule has 1 fully saturated rings. The lowest BCUT2D eigenvalue weighted by Crippen LogP contribution is -2.38. The van der Waals surface area contributed by atoms with Crippen LogP contribution in [0.5, 0.6) is 0 Å². The van der Waals surface area contributed by atoms with Gasteiger partial charge in [0.15, 0.2) is 0 Å². The Balaban J connectivity index is 2.07. The zero-order valence-corrected chi connectivity index (χ0v) is 12.2. The molecule has 1 heterocycles. The molecule has 2 rings (SSSR count). The van der Waals surface area contributed by atoms with E-state index in [1.165, 1.54) is 5.56 Å². The van der Waals surface area contributed by atoms with Crippen LogP contribution in [0.3, 0.4) is 0 Å². The zero-order chi connectivity index (χ0) is 14.7. The van der Waals surface area contributed by atoms with E-state index in [1.807, 2.05) is 12.1 Å². The molecule has 0 spiro atoms. The first-order valence-electron chi connectivity index (χ1n) is 6.90. The first kappa shape index (κ1) is 14.4. The quantitative estimate of drug-likeness (QED) is 0.911. The maximum Gasteiger partial charge on any atom is 0.325 e. The molecule has 3 amide bonds. The van der Waals surface area contributed by atoms with Crippen LogP contribution in [0.4, 0.5) is 10.5 Å². The van der Waals surface area contributed by atoms with Crippen molar-refractivity contribution < 1.29 is 9.59 Å². The number of carbonyl (C=O) groups excluding carboxylic acids is 2. The van der Waals surface area contributed by atoms with Crippen molar-refractivity contribution in [2.75, 3.05) is 31.6 Å². The first-order chi connectivity index (χ1) is 9.52. The molecule has 108 valence electrons. The van der Waals surface area contributed by atoms with Crippen LogP contribution in [0.1, 0.15) is 25.3 Å². The Morgan fingerprint density at radius 1 is 1.25 bits per heavy atom. The van der Waals surface area contributed by atoms with Gasteiger partial charge in [-0.1, -0.05) is 26.0 Å². The fourth-order valence-electron chi connectivity index (χ4n) is 2.26. The Bertz CT molecular complexity index is 496. The van der Waals surface area contributed by atoms with Gasteiger partial charge in [-0.05, 0) is 23.6 Å². The largest absolute Gasteiger partial charge is 0.358 e. The molecular weight excluding hydrogens is 254 g/mol. The molecule has 5 heteroatoms. The number of benzene rings is 1. The molecule has 0 unspecified atom stereocenters. The van der Waals surface area contributed by atoms with Crippen molar-refractivity contribution in [1.82, 2.24) is 10.2 Å². The van der Waals surface area contributed by atoms with Crippen LogP contribution in [0, 0.1) is 0 Å². The molecule has 1 aliphatic heterocycles. The third kappa shape index (κ3) is 2.92. The van der Waals surface area contributed by atoms with Crippen LogP contribution in [0.15, 0.2) is 24.3 Å². The van der Waals surface area contributed by atoms with Gasteiger partial charge in [0.2, 0.25) is 5.91 Å². The van der Waals surface area contributed by atoms with Gasteiger partial charge in [-0.25, -0.2) is 4.79 Å². The molecule has 1 saturated heterocycles. The molecule has 0 aromatic heterocycles. The number of hydrogen-bond donors (Lipinski definition) is 1. The van der Waals surface area contributed by atoms with Gasteiger partial charge in [-0.2, -0.15) is 0 Å². The molecule has 1 aliphatic rings. The number of amides is 3. The van der Waals surface area contributed by atoms with E-state index in [9.17, 15) is 9.59 Å². The normalized spacial score (nSPS) is 15.1. The minimum absolute atomic E-state index is 0.106. The van der Waals surface area contributed by atoms with Crippen molar-refractivity contribution in [2.24, 2.45) is 0 Å². The molecule has 0 radical (unpaired) electrons. The summed E-state index contributed by atoms with van der Waals surface area (Å²) >= 11 is 0. The summed E-state index contributed by atoms with van der Waals surface area (Å²) in [5.74, 6) is 0.332. The van der Waals surface area contributed by atoms with E-state index in [4.69, 9.17) is 0 Å². The second-order valence-electron chi connectivity index (χ2n) is 5.28. The number of rotatable bonds is 4. The summed E-state index contributed by atoms with van der Waals surface area (Å²) in [6.45, 7) is 5.60.